The molecule has 19 heavy (non-hydrogen) atoms. The van der Waals surface area contributed by atoms with E-state index in [9.17, 15) is 4.39 Å². The Morgan fingerprint density at radius 1 is 1.32 bits per heavy atom. The molecule has 1 saturated heterocycles. The molecule has 1 heterocycles. The Balaban J connectivity index is 2.00. The molecule has 0 aromatic heterocycles. The molecule has 1 aromatic carbocycles. The zero-order chi connectivity index (χ0) is 13.7. The summed E-state index contributed by atoms with van der Waals surface area (Å²) in [6.45, 7) is 7.53. The van der Waals surface area contributed by atoms with Crippen LogP contribution in [-0.4, -0.2) is 30.1 Å². The van der Waals surface area contributed by atoms with Crippen LogP contribution in [0.4, 0.5) is 4.39 Å². The summed E-state index contributed by atoms with van der Waals surface area (Å²) < 4.78 is 12.9. The molecule has 0 saturated carbocycles. The summed E-state index contributed by atoms with van der Waals surface area (Å²) in [4.78, 5) is 2.55. The van der Waals surface area contributed by atoms with Crippen molar-refractivity contribution in [1.82, 2.24) is 10.2 Å². The molecule has 3 heteroatoms. The lowest BCUT2D eigenvalue weighted by Gasteiger charge is -2.39. The second-order valence-electron chi connectivity index (χ2n) is 5.51. The van der Waals surface area contributed by atoms with E-state index in [1.165, 1.54) is 24.8 Å². The van der Waals surface area contributed by atoms with Crippen molar-refractivity contribution >= 4 is 0 Å². The number of piperidine rings is 1. The van der Waals surface area contributed by atoms with Gasteiger partial charge < -0.3 is 5.32 Å². The van der Waals surface area contributed by atoms with Gasteiger partial charge in [-0.05, 0) is 50.6 Å². The Hall–Kier alpha value is -0.930. The lowest BCUT2D eigenvalue weighted by atomic mass is 9.95. The number of likely N-dealkylation sites (tertiary alicyclic amines) is 1. The van der Waals surface area contributed by atoms with Gasteiger partial charge in [-0.1, -0.05) is 25.5 Å². The van der Waals surface area contributed by atoms with Crippen LogP contribution in [0, 0.1) is 5.82 Å². The Morgan fingerprint density at radius 2 is 2.05 bits per heavy atom. The third kappa shape index (κ3) is 4.02. The molecule has 2 atom stereocenters. The van der Waals surface area contributed by atoms with Crippen molar-refractivity contribution in [2.24, 2.45) is 0 Å². The molecule has 0 bridgehead atoms. The average Bonchev–Trinajstić information content (AvgIpc) is 2.42. The summed E-state index contributed by atoms with van der Waals surface area (Å²) in [5.74, 6) is -0.153. The molecule has 1 N–H and O–H groups in total. The highest BCUT2D eigenvalue weighted by molar-refractivity contribution is 5.16. The van der Waals surface area contributed by atoms with Crippen LogP contribution in [0.1, 0.15) is 38.7 Å². The summed E-state index contributed by atoms with van der Waals surface area (Å²) in [6.07, 6.45) is 3.85. The van der Waals surface area contributed by atoms with Crippen molar-refractivity contribution in [2.75, 3.05) is 13.1 Å². The highest BCUT2D eigenvalue weighted by Crippen LogP contribution is 2.22. The first kappa shape index (κ1) is 14.5. The predicted octanol–water partition coefficient (Wildman–Crippen LogP) is 3.18. The molecule has 2 rings (SSSR count). The average molecular weight is 264 g/mol. The summed E-state index contributed by atoms with van der Waals surface area (Å²) >= 11 is 0. The first-order valence-corrected chi connectivity index (χ1v) is 7.42. The van der Waals surface area contributed by atoms with Crippen molar-refractivity contribution in [3.8, 4) is 0 Å². The highest BCUT2D eigenvalue weighted by Gasteiger charge is 2.26. The first-order valence-electron chi connectivity index (χ1n) is 7.42. The lowest BCUT2D eigenvalue weighted by Crippen LogP contribution is -2.50. The van der Waals surface area contributed by atoms with Crippen molar-refractivity contribution in [3.05, 3.63) is 35.6 Å². The maximum Gasteiger partial charge on any atom is 0.123 e. The highest BCUT2D eigenvalue weighted by atomic mass is 19.1. The number of rotatable bonds is 5. The largest absolute Gasteiger partial charge is 0.313 e. The Bertz CT molecular complexity index is 377. The molecule has 0 spiro atoms. The Kier molecular flexibility index (Phi) is 5.34. The number of nitrogens with one attached hydrogen (secondary N) is 1. The maximum atomic E-state index is 12.9. The van der Waals surface area contributed by atoms with Gasteiger partial charge in [-0.15, -0.1) is 0 Å². The molecular formula is C16H25FN2. The van der Waals surface area contributed by atoms with Crippen LogP contribution in [0.3, 0.4) is 0 Å². The van der Waals surface area contributed by atoms with Crippen LogP contribution in [-0.2, 0) is 6.54 Å². The smallest absolute Gasteiger partial charge is 0.123 e. The summed E-state index contributed by atoms with van der Waals surface area (Å²) in [7, 11) is 0. The van der Waals surface area contributed by atoms with Crippen molar-refractivity contribution < 1.29 is 4.39 Å². The van der Waals surface area contributed by atoms with Crippen LogP contribution in [0.5, 0.6) is 0 Å². The second kappa shape index (κ2) is 7.01. The minimum atomic E-state index is -0.153. The lowest BCUT2D eigenvalue weighted by molar-refractivity contribution is 0.112. The number of likely N-dealkylation sites (N-methyl/N-ethyl adjacent to an activating group) is 1. The van der Waals surface area contributed by atoms with Gasteiger partial charge in [0.15, 0.2) is 0 Å². The first-order chi connectivity index (χ1) is 9.20. The molecule has 1 aromatic rings. The Labute approximate surface area is 116 Å². The van der Waals surface area contributed by atoms with Crippen molar-refractivity contribution in [1.29, 1.82) is 0 Å². The molecule has 106 valence electrons. The van der Waals surface area contributed by atoms with Crippen LogP contribution in [0.25, 0.3) is 0 Å². The number of benzene rings is 1. The second-order valence-corrected chi connectivity index (χ2v) is 5.51. The minimum Gasteiger partial charge on any atom is -0.313 e. The number of hydrogen-bond donors (Lipinski definition) is 1. The quantitative estimate of drug-likeness (QED) is 0.878. The Morgan fingerprint density at radius 3 is 2.74 bits per heavy atom. The fourth-order valence-corrected chi connectivity index (χ4v) is 3.06. The molecule has 1 fully saturated rings. The maximum absolute atomic E-state index is 12.9. The van der Waals surface area contributed by atoms with Gasteiger partial charge in [0.1, 0.15) is 5.82 Å². The van der Waals surface area contributed by atoms with E-state index in [-0.39, 0.29) is 5.82 Å². The summed E-state index contributed by atoms with van der Waals surface area (Å²) in [5.41, 5.74) is 1.21. The van der Waals surface area contributed by atoms with Crippen LogP contribution in [0.2, 0.25) is 0 Å². The van der Waals surface area contributed by atoms with Gasteiger partial charge in [0.05, 0.1) is 0 Å². The molecule has 1 aliphatic heterocycles. The molecule has 0 radical (unpaired) electrons. The van der Waals surface area contributed by atoms with Crippen molar-refractivity contribution in [3.63, 3.8) is 0 Å². The fraction of sp³-hybridized carbons (Fsp3) is 0.625. The fourth-order valence-electron chi connectivity index (χ4n) is 3.06. The standard InChI is InChI=1S/C16H25FN2/c1-3-18-13(2)16-6-4-5-11-19(16)12-14-7-9-15(17)10-8-14/h7-10,13,16,18H,3-6,11-12H2,1-2H3. The van der Waals surface area contributed by atoms with E-state index in [1.54, 1.807) is 12.1 Å². The van der Waals surface area contributed by atoms with E-state index in [0.717, 1.165) is 19.6 Å². The number of hydrogen-bond acceptors (Lipinski definition) is 2. The van der Waals surface area contributed by atoms with Crippen LogP contribution >= 0.6 is 0 Å². The molecule has 2 unspecified atom stereocenters. The normalized spacial score (nSPS) is 22.4. The molecule has 0 aliphatic carbocycles. The molecule has 2 nitrogen and oxygen atoms in total. The van der Waals surface area contributed by atoms with E-state index in [0.29, 0.717) is 12.1 Å². The van der Waals surface area contributed by atoms with E-state index >= 15 is 0 Å². The van der Waals surface area contributed by atoms with Gasteiger partial charge in [0.2, 0.25) is 0 Å². The zero-order valence-electron chi connectivity index (χ0n) is 12.0. The number of halogens is 1. The summed E-state index contributed by atoms with van der Waals surface area (Å²) in [6, 6.07) is 8.03. The SMILES string of the molecule is CCNC(C)C1CCCCN1Cc1ccc(F)cc1. The predicted molar refractivity (Wildman–Crippen MR) is 77.6 cm³/mol. The van der Waals surface area contributed by atoms with Crippen LogP contribution < -0.4 is 5.32 Å². The van der Waals surface area contributed by atoms with Gasteiger partial charge in [0, 0.05) is 18.6 Å². The van der Waals surface area contributed by atoms with E-state index in [2.05, 4.69) is 24.1 Å². The zero-order valence-corrected chi connectivity index (χ0v) is 12.0. The summed E-state index contributed by atoms with van der Waals surface area (Å²) in [5, 5.41) is 3.54. The van der Waals surface area contributed by atoms with E-state index in [1.807, 2.05) is 12.1 Å². The molecule has 1 aliphatic rings. The van der Waals surface area contributed by atoms with Gasteiger partial charge in [-0.2, -0.15) is 0 Å². The van der Waals surface area contributed by atoms with E-state index in [4.69, 9.17) is 0 Å². The van der Waals surface area contributed by atoms with Gasteiger partial charge >= 0.3 is 0 Å². The van der Waals surface area contributed by atoms with E-state index < -0.39 is 0 Å². The van der Waals surface area contributed by atoms with Crippen molar-refractivity contribution in [2.45, 2.75) is 51.7 Å². The van der Waals surface area contributed by atoms with Gasteiger partial charge in [-0.3, -0.25) is 4.90 Å². The van der Waals surface area contributed by atoms with Gasteiger partial charge in [0.25, 0.3) is 0 Å². The van der Waals surface area contributed by atoms with Gasteiger partial charge in [-0.25, -0.2) is 4.39 Å². The molecular weight excluding hydrogens is 239 g/mol. The number of nitrogens with zero attached hydrogens (tertiary/aromatic N) is 1. The third-order valence-electron chi connectivity index (χ3n) is 4.07. The molecule has 0 amide bonds. The monoisotopic (exact) mass is 264 g/mol. The van der Waals surface area contributed by atoms with Crippen LogP contribution in [0.15, 0.2) is 24.3 Å². The topological polar surface area (TPSA) is 15.3 Å². The third-order valence-corrected chi connectivity index (χ3v) is 4.07. The minimum absolute atomic E-state index is 0.153.